The van der Waals surface area contributed by atoms with Crippen molar-refractivity contribution >= 4 is 29.9 Å². The van der Waals surface area contributed by atoms with Gasteiger partial charge in [0, 0.05) is 32.2 Å². The number of aliphatic hydroxyl groups is 1. The predicted molar refractivity (Wildman–Crippen MR) is 136 cm³/mol. The van der Waals surface area contributed by atoms with Gasteiger partial charge >= 0.3 is 0 Å². The van der Waals surface area contributed by atoms with Gasteiger partial charge in [-0.3, -0.25) is 4.90 Å². The second-order valence-electron chi connectivity index (χ2n) is 9.30. The number of rotatable bonds is 6. The summed E-state index contributed by atoms with van der Waals surface area (Å²) in [6.45, 7) is 11.9. The van der Waals surface area contributed by atoms with Crippen LogP contribution in [0.4, 0.5) is 0 Å². The van der Waals surface area contributed by atoms with Gasteiger partial charge < -0.3 is 15.7 Å². The van der Waals surface area contributed by atoms with Gasteiger partial charge in [-0.25, -0.2) is 4.99 Å². The van der Waals surface area contributed by atoms with Crippen LogP contribution in [0.25, 0.3) is 0 Å². The van der Waals surface area contributed by atoms with Gasteiger partial charge in [-0.1, -0.05) is 38.1 Å². The Morgan fingerprint density at radius 3 is 2.23 bits per heavy atom. The predicted octanol–water partition coefficient (Wildman–Crippen LogP) is 4.14. The first-order chi connectivity index (χ1) is 14.0. The van der Waals surface area contributed by atoms with E-state index in [0.717, 1.165) is 56.6 Å². The minimum atomic E-state index is -0.123. The van der Waals surface area contributed by atoms with Crippen molar-refractivity contribution in [1.82, 2.24) is 15.5 Å². The molecule has 1 saturated carbocycles. The standard InChI is InChI=1S/C24H40N4O.HI/c1-4-25-24(27-22-9-11-23(29)12-10-22)26-14-20-5-7-21(8-6-20)17-28-15-18(2)13-19(3)16-28;/h5-8,18-19,22-23,29H,4,9-17H2,1-3H3,(H2,25,26,27);1H. The van der Waals surface area contributed by atoms with Crippen molar-refractivity contribution < 1.29 is 5.11 Å². The lowest BCUT2D eigenvalue weighted by Crippen LogP contribution is -2.45. The van der Waals surface area contributed by atoms with Crippen molar-refractivity contribution in [3.63, 3.8) is 0 Å². The van der Waals surface area contributed by atoms with E-state index < -0.39 is 0 Å². The number of hydrogen-bond acceptors (Lipinski definition) is 3. The number of benzene rings is 1. The van der Waals surface area contributed by atoms with Crippen molar-refractivity contribution in [2.75, 3.05) is 19.6 Å². The molecule has 3 rings (SSSR count). The molecule has 0 bridgehead atoms. The summed E-state index contributed by atoms with van der Waals surface area (Å²) in [6.07, 6.45) is 5.02. The lowest BCUT2D eigenvalue weighted by Gasteiger charge is -2.35. The molecular weight excluding hydrogens is 487 g/mol. The average Bonchev–Trinajstić information content (AvgIpc) is 2.68. The lowest BCUT2D eigenvalue weighted by atomic mass is 9.91. The van der Waals surface area contributed by atoms with Crippen molar-refractivity contribution in [2.24, 2.45) is 16.8 Å². The first kappa shape index (κ1) is 25.4. The van der Waals surface area contributed by atoms with E-state index in [4.69, 9.17) is 4.99 Å². The largest absolute Gasteiger partial charge is 0.393 e. The Morgan fingerprint density at radius 2 is 1.63 bits per heavy atom. The Hall–Kier alpha value is -0.860. The Balaban J connectivity index is 0.00000320. The topological polar surface area (TPSA) is 59.9 Å². The van der Waals surface area contributed by atoms with Crippen LogP contribution in [0, 0.1) is 11.8 Å². The summed E-state index contributed by atoms with van der Waals surface area (Å²) in [4.78, 5) is 7.38. The van der Waals surface area contributed by atoms with Gasteiger partial charge in [-0.05, 0) is 62.0 Å². The van der Waals surface area contributed by atoms with Crippen LogP contribution in [-0.4, -0.2) is 47.7 Å². The maximum Gasteiger partial charge on any atom is 0.191 e. The molecule has 30 heavy (non-hydrogen) atoms. The molecule has 2 unspecified atom stereocenters. The molecule has 2 fully saturated rings. The van der Waals surface area contributed by atoms with Crippen LogP contribution in [0.15, 0.2) is 29.3 Å². The van der Waals surface area contributed by atoms with E-state index in [0.29, 0.717) is 12.6 Å². The van der Waals surface area contributed by atoms with E-state index in [1.807, 2.05) is 0 Å². The van der Waals surface area contributed by atoms with E-state index in [1.165, 1.54) is 30.6 Å². The third-order valence-electron chi connectivity index (χ3n) is 6.18. The number of likely N-dealkylation sites (tertiary alicyclic amines) is 1. The minimum Gasteiger partial charge on any atom is -0.393 e. The molecule has 1 aliphatic carbocycles. The molecule has 2 aliphatic rings. The van der Waals surface area contributed by atoms with Gasteiger partial charge in [-0.15, -0.1) is 24.0 Å². The molecule has 1 aliphatic heterocycles. The summed E-state index contributed by atoms with van der Waals surface area (Å²) in [5, 5.41) is 16.6. The number of piperidine rings is 1. The van der Waals surface area contributed by atoms with E-state index in [1.54, 1.807) is 0 Å². The second kappa shape index (κ2) is 12.9. The number of hydrogen-bond donors (Lipinski definition) is 3. The fourth-order valence-electron chi connectivity index (χ4n) is 4.83. The third-order valence-corrected chi connectivity index (χ3v) is 6.18. The average molecular weight is 529 g/mol. The van der Waals surface area contributed by atoms with E-state index in [2.05, 4.69) is 60.6 Å². The van der Waals surface area contributed by atoms with Gasteiger partial charge in [0.1, 0.15) is 0 Å². The SMILES string of the molecule is CCNC(=NCc1ccc(CN2CC(C)CC(C)C2)cc1)NC1CCC(O)CC1.I. The lowest BCUT2D eigenvalue weighted by molar-refractivity contribution is 0.120. The Kier molecular flexibility index (Phi) is 10.9. The van der Waals surface area contributed by atoms with Crippen LogP contribution in [0.2, 0.25) is 0 Å². The van der Waals surface area contributed by atoms with Crippen LogP contribution in [0.3, 0.4) is 0 Å². The Labute approximate surface area is 200 Å². The highest BCUT2D eigenvalue weighted by molar-refractivity contribution is 14.0. The summed E-state index contributed by atoms with van der Waals surface area (Å²) in [7, 11) is 0. The Morgan fingerprint density at radius 1 is 1.03 bits per heavy atom. The summed E-state index contributed by atoms with van der Waals surface area (Å²) in [5.41, 5.74) is 2.63. The van der Waals surface area contributed by atoms with E-state index in [9.17, 15) is 5.11 Å². The van der Waals surface area contributed by atoms with E-state index in [-0.39, 0.29) is 30.1 Å². The summed E-state index contributed by atoms with van der Waals surface area (Å²) < 4.78 is 0. The summed E-state index contributed by atoms with van der Waals surface area (Å²) in [5.74, 6) is 2.49. The molecule has 3 N–H and O–H groups in total. The molecule has 1 saturated heterocycles. The number of halogens is 1. The van der Waals surface area contributed by atoms with Crippen molar-refractivity contribution in [3.05, 3.63) is 35.4 Å². The van der Waals surface area contributed by atoms with Gasteiger partial charge in [0.25, 0.3) is 0 Å². The number of nitrogens with zero attached hydrogens (tertiary/aromatic N) is 2. The molecule has 1 aromatic rings. The zero-order chi connectivity index (χ0) is 20.6. The van der Waals surface area contributed by atoms with Crippen molar-refractivity contribution in [1.29, 1.82) is 0 Å². The van der Waals surface area contributed by atoms with Gasteiger partial charge in [0.2, 0.25) is 0 Å². The molecule has 0 spiro atoms. The zero-order valence-electron chi connectivity index (χ0n) is 18.9. The molecular formula is C24H41IN4O. The number of guanidine groups is 1. The second-order valence-corrected chi connectivity index (χ2v) is 9.30. The van der Waals surface area contributed by atoms with Crippen LogP contribution in [0.1, 0.15) is 64.0 Å². The molecule has 0 radical (unpaired) electrons. The van der Waals surface area contributed by atoms with Crippen LogP contribution < -0.4 is 10.6 Å². The highest BCUT2D eigenvalue weighted by Crippen LogP contribution is 2.22. The maximum absolute atomic E-state index is 9.69. The summed E-state index contributed by atoms with van der Waals surface area (Å²) in [6, 6.07) is 9.37. The quantitative estimate of drug-likeness (QED) is 0.295. The fourth-order valence-corrected chi connectivity index (χ4v) is 4.83. The molecule has 5 nitrogen and oxygen atoms in total. The van der Waals surface area contributed by atoms with Crippen LogP contribution >= 0.6 is 24.0 Å². The van der Waals surface area contributed by atoms with Gasteiger partial charge in [0.05, 0.1) is 12.6 Å². The fraction of sp³-hybridized carbons (Fsp3) is 0.708. The monoisotopic (exact) mass is 528 g/mol. The van der Waals surface area contributed by atoms with Crippen molar-refractivity contribution in [2.45, 2.75) is 78.1 Å². The molecule has 6 heteroatoms. The maximum atomic E-state index is 9.69. The third kappa shape index (κ3) is 8.35. The van der Waals surface area contributed by atoms with E-state index >= 15 is 0 Å². The van der Waals surface area contributed by atoms with Crippen molar-refractivity contribution in [3.8, 4) is 0 Å². The molecule has 1 aromatic carbocycles. The first-order valence-electron chi connectivity index (χ1n) is 11.5. The molecule has 0 aromatic heterocycles. The molecule has 1 heterocycles. The normalized spacial score (nSPS) is 27.9. The smallest absolute Gasteiger partial charge is 0.191 e. The Bertz CT molecular complexity index is 633. The van der Waals surface area contributed by atoms with Gasteiger partial charge in [-0.2, -0.15) is 0 Å². The molecule has 170 valence electrons. The first-order valence-corrected chi connectivity index (χ1v) is 11.5. The molecule has 0 amide bonds. The van der Waals surface area contributed by atoms with Gasteiger partial charge in [0.15, 0.2) is 5.96 Å². The van der Waals surface area contributed by atoms with Crippen LogP contribution in [0.5, 0.6) is 0 Å². The number of nitrogens with one attached hydrogen (secondary N) is 2. The highest BCUT2D eigenvalue weighted by Gasteiger charge is 2.22. The minimum absolute atomic E-state index is 0. The summed E-state index contributed by atoms with van der Waals surface area (Å²) >= 11 is 0. The highest BCUT2D eigenvalue weighted by atomic mass is 127. The number of aliphatic hydroxyl groups excluding tert-OH is 1. The zero-order valence-corrected chi connectivity index (χ0v) is 21.3. The van der Waals surface area contributed by atoms with Crippen LogP contribution in [-0.2, 0) is 13.1 Å². The number of aliphatic imine (C=N–C) groups is 1. The molecule has 2 atom stereocenters.